The Morgan fingerprint density at radius 3 is 2.46 bits per heavy atom. The second-order valence-corrected chi connectivity index (χ2v) is 9.58. The average molecular weight is 520 g/mol. The number of aromatic nitrogens is 2. The van der Waals surface area contributed by atoms with Crippen LogP contribution in [0, 0.1) is 13.8 Å². The number of imidazole rings is 1. The number of unbranched alkanes of at least 4 members (excludes halogenated alkanes) is 2. The van der Waals surface area contributed by atoms with Gasteiger partial charge < -0.3 is 19.4 Å². The number of hydrogen-bond acceptors (Lipinski definition) is 4. The normalized spacial score (nSPS) is 11.0. The molecule has 0 aliphatic carbocycles. The van der Waals surface area contributed by atoms with E-state index in [9.17, 15) is 4.79 Å². The second kappa shape index (κ2) is 13.2. The zero-order valence-electron chi connectivity index (χ0n) is 21.5. The van der Waals surface area contributed by atoms with Crippen LogP contribution in [0.3, 0.4) is 0 Å². The topological polar surface area (TPSA) is 65.4 Å². The first-order valence-electron chi connectivity index (χ1n) is 12.8. The van der Waals surface area contributed by atoms with E-state index in [4.69, 9.17) is 26.1 Å². The van der Waals surface area contributed by atoms with E-state index in [0.29, 0.717) is 23.9 Å². The minimum atomic E-state index is -0.124. The number of nitrogens with zero attached hydrogens (tertiary/aromatic N) is 2. The van der Waals surface area contributed by atoms with Crippen molar-refractivity contribution in [2.45, 2.75) is 46.1 Å². The van der Waals surface area contributed by atoms with Crippen molar-refractivity contribution in [2.24, 2.45) is 0 Å². The molecule has 0 unspecified atom stereocenters. The lowest BCUT2D eigenvalue weighted by molar-refractivity contribution is -0.123. The lowest BCUT2D eigenvalue weighted by Gasteiger charge is -2.14. The summed E-state index contributed by atoms with van der Waals surface area (Å²) in [6.07, 6.45) is 3.78. The largest absolute Gasteiger partial charge is 0.491 e. The number of para-hydroxylation sites is 3. The van der Waals surface area contributed by atoms with Crippen LogP contribution in [-0.4, -0.2) is 35.2 Å². The number of halogens is 1. The Kier molecular flexibility index (Phi) is 9.44. The van der Waals surface area contributed by atoms with Crippen molar-refractivity contribution < 1.29 is 14.3 Å². The van der Waals surface area contributed by atoms with Crippen molar-refractivity contribution in [3.05, 3.63) is 88.7 Å². The van der Waals surface area contributed by atoms with Gasteiger partial charge in [0.15, 0.2) is 6.61 Å². The number of carbonyl (C=O) groups is 1. The monoisotopic (exact) mass is 519 g/mol. The molecule has 3 aromatic carbocycles. The van der Waals surface area contributed by atoms with Crippen LogP contribution < -0.4 is 14.8 Å². The summed E-state index contributed by atoms with van der Waals surface area (Å²) in [6, 6.07) is 21.4. The van der Waals surface area contributed by atoms with Crippen LogP contribution in [0.5, 0.6) is 11.5 Å². The van der Waals surface area contributed by atoms with Gasteiger partial charge in [0, 0.05) is 18.0 Å². The number of nitrogens with one attached hydrogen (secondary N) is 1. The summed E-state index contributed by atoms with van der Waals surface area (Å²) in [6.45, 7) is 6.11. The smallest absolute Gasteiger partial charge is 0.257 e. The summed E-state index contributed by atoms with van der Waals surface area (Å²) < 4.78 is 13.9. The molecule has 0 radical (unpaired) electrons. The van der Waals surface area contributed by atoms with Gasteiger partial charge in [0.25, 0.3) is 5.91 Å². The number of fused-ring (bicyclic) bond motifs is 1. The highest BCUT2D eigenvalue weighted by atomic mass is 35.5. The molecule has 6 nitrogen and oxygen atoms in total. The highest BCUT2D eigenvalue weighted by Gasteiger charge is 2.11. The molecule has 194 valence electrons. The molecule has 1 N–H and O–H groups in total. The minimum Gasteiger partial charge on any atom is -0.491 e. The number of benzene rings is 3. The predicted octanol–water partition coefficient (Wildman–Crippen LogP) is 6.29. The van der Waals surface area contributed by atoms with Crippen molar-refractivity contribution in [1.82, 2.24) is 14.9 Å². The van der Waals surface area contributed by atoms with Gasteiger partial charge in [-0.05, 0) is 74.2 Å². The lowest BCUT2D eigenvalue weighted by Crippen LogP contribution is -2.29. The van der Waals surface area contributed by atoms with E-state index in [-0.39, 0.29) is 12.5 Å². The number of ether oxygens (including phenoxy) is 2. The fourth-order valence-electron chi connectivity index (χ4n) is 4.38. The molecule has 0 aliphatic rings. The average Bonchev–Trinajstić information content (AvgIpc) is 3.24. The summed E-state index contributed by atoms with van der Waals surface area (Å²) in [5.41, 5.74) is 4.45. The quantitative estimate of drug-likeness (QED) is 0.211. The molecule has 0 saturated carbocycles. The van der Waals surface area contributed by atoms with Crippen molar-refractivity contribution in [1.29, 1.82) is 0 Å². The molecule has 4 rings (SSSR count). The van der Waals surface area contributed by atoms with Crippen molar-refractivity contribution >= 4 is 28.5 Å². The highest BCUT2D eigenvalue weighted by molar-refractivity contribution is 6.30. The highest BCUT2D eigenvalue weighted by Crippen LogP contribution is 2.23. The van der Waals surface area contributed by atoms with Gasteiger partial charge in [0.05, 0.1) is 17.6 Å². The first-order chi connectivity index (χ1) is 18.0. The van der Waals surface area contributed by atoms with Crippen LogP contribution in [0.25, 0.3) is 11.0 Å². The van der Waals surface area contributed by atoms with E-state index in [1.807, 2.05) is 6.07 Å². The Morgan fingerprint density at radius 1 is 0.919 bits per heavy atom. The Balaban J connectivity index is 1.22. The van der Waals surface area contributed by atoms with Gasteiger partial charge in [-0.25, -0.2) is 4.98 Å². The molecule has 0 atom stereocenters. The van der Waals surface area contributed by atoms with Crippen LogP contribution in [0.4, 0.5) is 0 Å². The Labute approximate surface area is 223 Å². The molecule has 0 fully saturated rings. The Bertz CT molecular complexity index is 1300. The maximum Gasteiger partial charge on any atom is 0.257 e. The van der Waals surface area contributed by atoms with Crippen LogP contribution in [0.15, 0.2) is 66.7 Å². The summed E-state index contributed by atoms with van der Waals surface area (Å²) in [7, 11) is 0. The third-order valence-corrected chi connectivity index (χ3v) is 6.54. The molecule has 0 saturated heterocycles. The molecule has 0 spiro atoms. The molecule has 1 heterocycles. The third kappa shape index (κ3) is 7.49. The third-order valence-electron chi connectivity index (χ3n) is 6.29. The van der Waals surface area contributed by atoms with E-state index >= 15 is 0 Å². The number of rotatable bonds is 13. The summed E-state index contributed by atoms with van der Waals surface area (Å²) in [5, 5.41) is 3.56. The van der Waals surface area contributed by atoms with E-state index in [1.165, 1.54) is 0 Å². The van der Waals surface area contributed by atoms with Gasteiger partial charge in [-0.3, -0.25) is 4.79 Å². The van der Waals surface area contributed by atoms with Gasteiger partial charge in [0.2, 0.25) is 0 Å². The van der Waals surface area contributed by atoms with E-state index in [2.05, 4.69) is 60.1 Å². The van der Waals surface area contributed by atoms with E-state index < -0.39 is 0 Å². The first kappa shape index (κ1) is 26.6. The van der Waals surface area contributed by atoms with Gasteiger partial charge in [0.1, 0.15) is 23.9 Å². The maximum atomic E-state index is 12.0. The van der Waals surface area contributed by atoms with Crippen LogP contribution in [0.1, 0.15) is 36.2 Å². The molecular formula is C30H34ClN3O3. The van der Waals surface area contributed by atoms with Gasteiger partial charge in [-0.2, -0.15) is 0 Å². The van der Waals surface area contributed by atoms with Crippen molar-refractivity contribution in [3.8, 4) is 11.5 Å². The molecule has 4 aromatic rings. The predicted molar refractivity (Wildman–Crippen MR) is 149 cm³/mol. The number of amides is 1. The standard InChI is InChI=1S/C30H34ClN3O3/c1-22-9-8-10-23(2)30(22)36-20-19-34-27-12-6-5-11-26(27)33-28(34)13-4-3-7-18-32-29(35)21-37-25-16-14-24(31)15-17-25/h5-6,8-12,14-17H,3-4,7,13,18-21H2,1-2H3,(H,32,35). The van der Waals surface area contributed by atoms with Crippen molar-refractivity contribution in [2.75, 3.05) is 19.8 Å². The zero-order chi connectivity index (χ0) is 26.0. The summed E-state index contributed by atoms with van der Waals surface area (Å²) in [5.74, 6) is 2.54. The maximum absolute atomic E-state index is 12.0. The molecule has 37 heavy (non-hydrogen) atoms. The number of carbonyl (C=O) groups excluding carboxylic acids is 1. The van der Waals surface area contributed by atoms with Crippen molar-refractivity contribution in [3.63, 3.8) is 0 Å². The lowest BCUT2D eigenvalue weighted by atomic mass is 10.1. The van der Waals surface area contributed by atoms with E-state index in [0.717, 1.165) is 66.0 Å². The SMILES string of the molecule is Cc1cccc(C)c1OCCn1c(CCCCCNC(=O)COc2ccc(Cl)cc2)nc2ccccc21. The summed E-state index contributed by atoms with van der Waals surface area (Å²) >= 11 is 5.86. The molecule has 1 amide bonds. The molecule has 1 aromatic heterocycles. The fraction of sp³-hybridized carbons (Fsp3) is 0.333. The zero-order valence-corrected chi connectivity index (χ0v) is 22.3. The number of hydrogen-bond donors (Lipinski definition) is 1. The van der Waals surface area contributed by atoms with E-state index in [1.54, 1.807) is 24.3 Å². The Hall–Kier alpha value is -3.51. The number of aryl methyl sites for hydroxylation is 3. The fourth-order valence-corrected chi connectivity index (χ4v) is 4.50. The second-order valence-electron chi connectivity index (χ2n) is 9.14. The van der Waals surface area contributed by atoms with Crippen LogP contribution in [0.2, 0.25) is 5.02 Å². The molecular weight excluding hydrogens is 486 g/mol. The minimum absolute atomic E-state index is 0.00421. The molecule has 7 heteroatoms. The molecule has 0 bridgehead atoms. The summed E-state index contributed by atoms with van der Waals surface area (Å²) in [4.78, 5) is 16.9. The Morgan fingerprint density at radius 2 is 1.68 bits per heavy atom. The van der Waals surface area contributed by atoms with Crippen LogP contribution in [-0.2, 0) is 17.8 Å². The first-order valence-corrected chi connectivity index (χ1v) is 13.2. The van der Waals surface area contributed by atoms with Gasteiger partial charge in [-0.15, -0.1) is 0 Å². The molecule has 0 aliphatic heterocycles. The van der Waals surface area contributed by atoms with Gasteiger partial charge >= 0.3 is 0 Å². The van der Waals surface area contributed by atoms with Crippen LogP contribution >= 0.6 is 11.6 Å². The van der Waals surface area contributed by atoms with Gasteiger partial charge in [-0.1, -0.05) is 48.4 Å².